The molecule has 28 heavy (non-hydrogen) atoms. The standard InChI is InChI=1S/C13H6Cl3F7N4S/c14-6-1-5(28(19,20,21,22)23)2-7(15)10(6)27-11(25)9(8(3-24)26-27)12(16)4-13(12,17)18/h1-2H,4,25H2. The van der Waals surface area contributed by atoms with Gasteiger partial charge >= 0.3 is 10.2 Å². The molecule has 1 aliphatic carbocycles. The first kappa shape index (κ1) is 21.2. The zero-order valence-electron chi connectivity index (χ0n) is 13.0. The van der Waals surface area contributed by atoms with Crippen molar-refractivity contribution in [3.8, 4) is 11.8 Å². The van der Waals surface area contributed by atoms with Crippen molar-refractivity contribution in [3.05, 3.63) is 33.4 Å². The van der Waals surface area contributed by atoms with Gasteiger partial charge in [0.25, 0.3) is 5.92 Å². The lowest BCUT2D eigenvalue weighted by Crippen LogP contribution is -2.13. The zero-order valence-corrected chi connectivity index (χ0v) is 16.1. The summed E-state index contributed by atoms with van der Waals surface area (Å²) in [4.78, 5) is -4.71. The lowest BCUT2D eigenvalue weighted by atomic mass is 10.1. The minimum Gasteiger partial charge on any atom is -0.383 e. The Morgan fingerprint density at radius 1 is 1.14 bits per heavy atom. The molecule has 4 nitrogen and oxygen atoms in total. The van der Waals surface area contributed by atoms with E-state index in [2.05, 4.69) is 5.10 Å². The second-order valence-corrected chi connectivity index (χ2v) is 9.89. The number of nitrogens with zero attached hydrogens (tertiary/aromatic N) is 3. The van der Waals surface area contributed by atoms with Crippen LogP contribution in [-0.4, -0.2) is 15.7 Å². The third kappa shape index (κ3) is 3.14. The number of rotatable bonds is 3. The molecular formula is C13H6Cl3F7N4S. The van der Waals surface area contributed by atoms with E-state index in [9.17, 15) is 28.2 Å². The Balaban J connectivity index is 2.25. The van der Waals surface area contributed by atoms with Crippen LogP contribution in [0.15, 0.2) is 17.0 Å². The fraction of sp³-hybridized carbons (Fsp3) is 0.231. The summed E-state index contributed by atoms with van der Waals surface area (Å²) in [5, 5.41) is 10.8. The van der Waals surface area contributed by atoms with Crippen LogP contribution in [-0.2, 0) is 4.87 Å². The molecule has 3 rings (SSSR count). The highest BCUT2D eigenvalue weighted by molar-refractivity contribution is 8.45. The van der Waals surface area contributed by atoms with E-state index in [4.69, 9.17) is 45.8 Å². The molecule has 0 amide bonds. The van der Waals surface area contributed by atoms with Crippen LogP contribution < -0.4 is 5.73 Å². The van der Waals surface area contributed by atoms with Gasteiger partial charge in [0.2, 0.25) is 0 Å². The monoisotopic (exact) mass is 488 g/mol. The van der Waals surface area contributed by atoms with Crippen molar-refractivity contribution in [1.82, 2.24) is 9.78 Å². The molecular weight excluding hydrogens is 484 g/mol. The van der Waals surface area contributed by atoms with Gasteiger partial charge in [0.1, 0.15) is 27.3 Å². The van der Waals surface area contributed by atoms with E-state index in [-0.39, 0.29) is 12.1 Å². The number of benzene rings is 1. The molecule has 0 bridgehead atoms. The Labute approximate surface area is 167 Å². The molecule has 2 aromatic rings. The molecule has 1 aromatic heterocycles. The summed E-state index contributed by atoms with van der Waals surface area (Å²) < 4.78 is 92.7. The highest BCUT2D eigenvalue weighted by Gasteiger charge is 2.73. The smallest absolute Gasteiger partial charge is 0.310 e. The predicted octanol–water partition coefficient (Wildman–Crippen LogP) is 6.76. The normalized spacial score (nSPS) is 23.6. The van der Waals surface area contributed by atoms with Gasteiger partial charge in [-0.2, -0.15) is 10.4 Å². The summed E-state index contributed by atoms with van der Waals surface area (Å²) in [5.74, 6) is -4.06. The average molecular weight is 490 g/mol. The molecule has 0 radical (unpaired) electrons. The van der Waals surface area contributed by atoms with Gasteiger partial charge in [-0.3, -0.25) is 0 Å². The Kier molecular flexibility index (Phi) is 3.88. The molecule has 1 saturated carbocycles. The van der Waals surface area contributed by atoms with Crippen molar-refractivity contribution >= 4 is 50.8 Å². The third-order valence-corrected chi connectivity index (χ3v) is 6.29. The number of aromatic nitrogens is 2. The van der Waals surface area contributed by atoms with E-state index in [0.29, 0.717) is 4.68 Å². The average Bonchev–Trinajstić information content (AvgIpc) is 2.82. The van der Waals surface area contributed by atoms with Gasteiger partial charge in [-0.1, -0.05) is 42.6 Å². The summed E-state index contributed by atoms with van der Waals surface area (Å²) >= 11 is 17.2. The summed E-state index contributed by atoms with van der Waals surface area (Å²) in [7, 11) is -10.1. The third-order valence-electron chi connectivity index (χ3n) is 3.99. The van der Waals surface area contributed by atoms with Crippen molar-refractivity contribution in [2.24, 2.45) is 0 Å². The molecule has 0 spiro atoms. The fourth-order valence-corrected chi connectivity index (χ4v) is 4.38. The van der Waals surface area contributed by atoms with Crippen LogP contribution in [0.5, 0.6) is 0 Å². The van der Waals surface area contributed by atoms with Crippen LogP contribution in [0.2, 0.25) is 10.0 Å². The minimum absolute atomic E-state index is 0.0979. The van der Waals surface area contributed by atoms with Gasteiger partial charge in [-0.25, -0.2) is 13.5 Å². The van der Waals surface area contributed by atoms with E-state index < -0.39 is 65.1 Å². The lowest BCUT2D eigenvalue weighted by molar-refractivity contribution is 0.105. The van der Waals surface area contributed by atoms with E-state index >= 15 is 0 Å². The highest BCUT2D eigenvalue weighted by Crippen LogP contribution is 3.02. The second-order valence-electron chi connectivity index (χ2n) is 6.02. The number of nitrogen functional groups attached to an aromatic ring is 1. The van der Waals surface area contributed by atoms with Crippen LogP contribution in [0.4, 0.5) is 34.0 Å². The Hall–Kier alpha value is -1.55. The number of anilines is 1. The van der Waals surface area contributed by atoms with Crippen LogP contribution >= 0.6 is 45.0 Å². The number of hydrogen-bond acceptors (Lipinski definition) is 3. The summed E-state index contributed by atoms with van der Waals surface area (Å²) in [6, 6.07) is 1.29. The molecule has 154 valence electrons. The van der Waals surface area contributed by atoms with Gasteiger partial charge in [-0.05, 0) is 12.1 Å². The maximum absolute atomic E-state index is 13.6. The highest BCUT2D eigenvalue weighted by atomic mass is 35.5. The van der Waals surface area contributed by atoms with Gasteiger partial charge in [0.05, 0.1) is 15.6 Å². The molecule has 1 fully saturated rings. The molecule has 1 unspecified atom stereocenters. The Bertz CT molecular complexity index is 1050. The predicted molar refractivity (Wildman–Crippen MR) is 91.2 cm³/mol. The number of nitriles is 1. The number of alkyl halides is 3. The van der Waals surface area contributed by atoms with Crippen molar-refractivity contribution in [3.63, 3.8) is 0 Å². The maximum Gasteiger partial charge on any atom is 0.310 e. The van der Waals surface area contributed by atoms with Crippen LogP contribution in [0.25, 0.3) is 5.69 Å². The largest absolute Gasteiger partial charge is 0.383 e. The number of halogens is 10. The van der Waals surface area contributed by atoms with Crippen LogP contribution in [0.1, 0.15) is 17.7 Å². The maximum atomic E-state index is 13.6. The molecule has 2 N–H and O–H groups in total. The second kappa shape index (κ2) is 5.13. The van der Waals surface area contributed by atoms with Crippen molar-refractivity contribution in [2.45, 2.75) is 22.1 Å². The first-order valence-corrected chi connectivity index (χ1v) is 10.0. The van der Waals surface area contributed by atoms with Gasteiger partial charge in [0.15, 0.2) is 5.69 Å². The first-order valence-electron chi connectivity index (χ1n) is 6.92. The Morgan fingerprint density at radius 3 is 1.96 bits per heavy atom. The van der Waals surface area contributed by atoms with E-state index in [0.717, 1.165) is 0 Å². The molecule has 0 saturated heterocycles. The molecule has 1 heterocycles. The summed E-state index contributed by atoms with van der Waals surface area (Å²) in [6.45, 7) is 0. The SMILES string of the molecule is N#Cc1nn(-c2c(Cl)cc(S(F)(F)(F)(F)F)cc2Cl)c(N)c1C1(Cl)CC1(F)F. The molecule has 1 atom stereocenters. The van der Waals surface area contributed by atoms with Crippen LogP contribution in [0, 0.1) is 11.3 Å². The summed E-state index contributed by atoms with van der Waals surface area (Å²) in [5.41, 5.74) is 3.90. The van der Waals surface area contributed by atoms with Crippen molar-refractivity contribution < 1.29 is 28.2 Å². The fourth-order valence-electron chi connectivity index (χ4n) is 2.57. The van der Waals surface area contributed by atoms with Crippen LogP contribution in [0.3, 0.4) is 0 Å². The topological polar surface area (TPSA) is 67.6 Å². The van der Waals surface area contributed by atoms with Crippen molar-refractivity contribution in [1.29, 1.82) is 5.26 Å². The zero-order chi connectivity index (χ0) is 21.6. The summed E-state index contributed by atoms with van der Waals surface area (Å²) in [6.07, 6.45) is -0.864. The molecule has 15 heteroatoms. The molecule has 0 aliphatic heterocycles. The van der Waals surface area contributed by atoms with Crippen molar-refractivity contribution in [2.75, 3.05) is 5.73 Å². The number of nitrogens with two attached hydrogens (primary N) is 1. The Morgan fingerprint density at radius 2 is 1.61 bits per heavy atom. The van der Waals surface area contributed by atoms with Gasteiger partial charge < -0.3 is 5.73 Å². The van der Waals surface area contributed by atoms with Gasteiger partial charge in [-0.15, -0.1) is 11.6 Å². The number of hydrogen-bond donors (Lipinski definition) is 1. The lowest BCUT2D eigenvalue weighted by Gasteiger charge is -2.40. The quantitative estimate of drug-likeness (QED) is 0.382. The molecule has 1 aliphatic rings. The molecule has 1 aromatic carbocycles. The van der Waals surface area contributed by atoms with Gasteiger partial charge in [0, 0.05) is 6.42 Å². The first-order chi connectivity index (χ1) is 12.3. The van der Waals surface area contributed by atoms with E-state index in [1.165, 1.54) is 6.07 Å². The van der Waals surface area contributed by atoms with E-state index in [1.54, 1.807) is 0 Å². The van der Waals surface area contributed by atoms with E-state index in [1.807, 2.05) is 0 Å². The minimum atomic E-state index is -10.1.